The average molecular weight is 177 g/mol. The Labute approximate surface area is 76.7 Å². The van der Waals surface area contributed by atoms with Crippen molar-refractivity contribution < 1.29 is 9.90 Å². The third-order valence-electron chi connectivity index (χ3n) is 1.78. The maximum Gasteiger partial charge on any atom is 0.150 e. The van der Waals surface area contributed by atoms with E-state index in [1.807, 2.05) is 0 Å². The van der Waals surface area contributed by atoms with Gasteiger partial charge in [-0.25, -0.2) is 0 Å². The van der Waals surface area contributed by atoms with Crippen LogP contribution >= 0.6 is 0 Å². The molecule has 68 valence electrons. The van der Waals surface area contributed by atoms with Gasteiger partial charge >= 0.3 is 0 Å². The Bertz CT molecular complexity index is 345. The molecule has 0 heterocycles. The second kappa shape index (κ2) is 3.76. The highest BCUT2D eigenvalue weighted by Gasteiger charge is 2.08. The molecule has 1 aromatic rings. The van der Waals surface area contributed by atoms with Crippen LogP contribution < -0.4 is 5.32 Å². The standard InChI is InChI=1S/C10H11NO2/c1-7(6-12)10-8(11-2)4-3-5-9(10)13/h3-6,11,13H,1H2,2H3. The number of anilines is 1. The van der Waals surface area contributed by atoms with Crippen LogP contribution in [0.25, 0.3) is 5.57 Å². The summed E-state index contributed by atoms with van der Waals surface area (Å²) in [4.78, 5) is 10.5. The molecule has 1 rings (SSSR count). The van der Waals surface area contributed by atoms with Crippen LogP contribution in [0.15, 0.2) is 24.8 Å². The van der Waals surface area contributed by atoms with Crippen LogP contribution in [-0.4, -0.2) is 18.4 Å². The van der Waals surface area contributed by atoms with Crippen molar-refractivity contribution in [3.63, 3.8) is 0 Å². The average Bonchev–Trinajstić information content (AvgIpc) is 2.16. The number of hydrogen-bond acceptors (Lipinski definition) is 3. The molecule has 0 saturated carbocycles. The topological polar surface area (TPSA) is 49.3 Å². The molecule has 3 heteroatoms. The molecule has 0 atom stereocenters. The zero-order chi connectivity index (χ0) is 9.84. The Hall–Kier alpha value is -1.77. The van der Waals surface area contributed by atoms with Crippen molar-refractivity contribution in [2.24, 2.45) is 0 Å². The van der Waals surface area contributed by atoms with Gasteiger partial charge in [0, 0.05) is 23.9 Å². The minimum atomic E-state index is 0.0592. The fraction of sp³-hybridized carbons (Fsp3) is 0.100. The highest BCUT2D eigenvalue weighted by atomic mass is 16.3. The van der Waals surface area contributed by atoms with E-state index in [1.54, 1.807) is 19.2 Å². The molecule has 0 aliphatic carbocycles. The summed E-state index contributed by atoms with van der Waals surface area (Å²) >= 11 is 0. The smallest absolute Gasteiger partial charge is 0.150 e. The first-order valence-corrected chi connectivity index (χ1v) is 3.85. The molecule has 1 aromatic carbocycles. The molecule has 2 N–H and O–H groups in total. The van der Waals surface area contributed by atoms with Gasteiger partial charge in [-0.1, -0.05) is 12.6 Å². The summed E-state index contributed by atoms with van der Waals surface area (Å²) in [5.74, 6) is 0.0592. The van der Waals surface area contributed by atoms with E-state index in [0.717, 1.165) is 0 Å². The van der Waals surface area contributed by atoms with Crippen LogP contribution in [0.3, 0.4) is 0 Å². The molecular formula is C10H11NO2. The lowest BCUT2D eigenvalue weighted by Gasteiger charge is -2.09. The van der Waals surface area contributed by atoms with E-state index in [4.69, 9.17) is 0 Å². The van der Waals surface area contributed by atoms with Gasteiger partial charge in [0.1, 0.15) is 12.0 Å². The predicted octanol–water partition coefficient (Wildman–Crippen LogP) is 1.65. The normalized spacial score (nSPS) is 9.31. The van der Waals surface area contributed by atoms with E-state index in [0.29, 0.717) is 17.5 Å². The van der Waals surface area contributed by atoms with Crippen LogP contribution in [0.4, 0.5) is 5.69 Å². The van der Waals surface area contributed by atoms with E-state index in [-0.39, 0.29) is 11.3 Å². The van der Waals surface area contributed by atoms with Crippen molar-refractivity contribution in [3.05, 3.63) is 30.3 Å². The third-order valence-corrected chi connectivity index (χ3v) is 1.78. The number of carbonyl (C=O) groups is 1. The number of phenols is 1. The van der Waals surface area contributed by atoms with Crippen LogP contribution in [-0.2, 0) is 4.79 Å². The van der Waals surface area contributed by atoms with E-state index < -0.39 is 0 Å². The van der Waals surface area contributed by atoms with Crippen molar-refractivity contribution in [3.8, 4) is 5.75 Å². The quantitative estimate of drug-likeness (QED) is 0.545. The van der Waals surface area contributed by atoms with Crippen molar-refractivity contribution in [2.45, 2.75) is 0 Å². The highest BCUT2D eigenvalue weighted by molar-refractivity contribution is 6.09. The van der Waals surface area contributed by atoms with Gasteiger partial charge in [0.05, 0.1) is 0 Å². The van der Waals surface area contributed by atoms with Crippen molar-refractivity contribution in [1.82, 2.24) is 0 Å². The molecule has 0 spiro atoms. The molecule has 0 bridgehead atoms. The fourth-order valence-electron chi connectivity index (χ4n) is 1.14. The molecule has 13 heavy (non-hydrogen) atoms. The summed E-state index contributed by atoms with van der Waals surface area (Å²) in [7, 11) is 1.72. The number of aromatic hydroxyl groups is 1. The first kappa shape index (κ1) is 9.32. The van der Waals surface area contributed by atoms with Gasteiger partial charge in [0.15, 0.2) is 0 Å². The van der Waals surface area contributed by atoms with Gasteiger partial charge in [-0.15, -0.1) is 0 Å². The Morgan fingerprint density at radius 3 is 2.85 bits per heavy atom. The first-order chi connectivity index (χ1) is 6.20. The zero-order valence-corrected chi connectivity index (χ0v) is 7.37. The molecule has 3 nitrogen and oxygen atoms in total. The number of benzene rings is 1. The second-order valence-electron chi connectivity index (χ2n) is 2.59. The largest absolute Gasteiger partial charge is 0.507 e. The fourth-order valence-corrected chi connectivity index (χ4v) is 1.14. The predicted molar refractivity (Wildman–Crippen MR) is 52.8 cm³/mol. The summed E-state index contributed by atoms with van der Waals surface area (Å²) in [6.45, 7) is 3.54. The molecule has 0 aliphatic rings. The van der Waals surface area contributed by atoms with Crippen molar-refractivity contribution in [2.75, 3.05) is 12.4 Å². The summed E-state index contributed by atoms with van der Waals surface area (Å²) in [5.41, 5.74) is 1.42. The second-order valence-corrected chi connectivity index (χ2v) is 2.59. The molecular weight excluding hydrogens is 166 g/mol. The lowest BCUT2D eigenvalue weighted by Crippen LogP contribution is -1.95. The van der Waals surface area contributed by atoms with Crippen molar-refractivity contribution >= 4 is 17.5 Å². The summed E-state index contributed by atoms with van der Waals surface area (Å²) in [6, 6.07) is 4.98. The monoisotopic (exact) mass is 177 g/mol. The molecule has 0 fully saturated rings. The van der Waals surface area contributed by atoms with E-state index >= 15 is 0 Å². The van der Waals surface area contributed by atoms with Gasteiger partial charge < -0.3 is 10.4 Å². The number of allylic oxidation sites excluding steroid dienone is 1. The van der Waals surface area contributed by atoms with Gasteiger partial charge in [0.2, 0.25) is 0 Å². The first-order valence-electron chi connectivity index (χ1n) is 3.85. The lowest BCUT2D eigenvalue weighted by atomic mass is 10.1. The molecule has 0 saturated heterocycles. The number of hydrogen-bond donors (Lipinski definition) is 2. The molecule has 0 unspecified atom stereocenters. The van der Waals surface area contributed by atoms with Crippen LogP contribution in [0.1, 0.15) is 5.56 Å². The molecule has 0 aromatic heterocycles. The van der Waals surface area contributed by atoms with E-state index in [9.17, 15) is 9.90 Å². The molecule has 0 aliphatic heterocycles. The van der Waals surface area contributed by atoms with Gasteiger partial charge in [0.25, 0.3) is 0 Å². The molecule has 0 amide bonds. The SMILES string of the molecule is C=C(C=O)c1c(O)cccc1NC. The zero-order valence-electron chi connectivity index (χ0n) is 7.37. The van der Waals surface area contributed by atoms with Crippen molar-refractivity contribution in [1.29, 1.82) is 0 Å². The Kier molecular flexibility index (Phi) is 2.69. The molecule has 0 radical (unpaired) electrons. The van der Waals surface area contributed by atoms with Crippen LogP contribution in [0.5, 0.6) is 5.75 Å². The third kappa shape index (κ3) is 1.69. The number of rotatable bonds is 3. The number of carbonyl (C=O) groups excluding carboxylic acids is 1. The number of nitrogens with one attached hydrogen (secondary N) is 1. The number of phenolic OH excluding ortho intramolecular Hbond substituents is 1. The van der Waals surface area contributed by atoms with Crippen LogP contribution in [0, 0.1) is 0 Å². The highest BCUT2D eigenvalue weighted by Crippen LogP contribution is 2.29. The summed E-state index contributed by atoms with van der Waals surface area (Å²) in [6.07, 6.45) is 0.621. The van der Waals surface area contributed by atoms with Gasteiger partial charge in [-0.2, -0.15) is 0 Å². The maximum atomic E-state index is 10.5. The van der Waals surface area contributed by atoms with E-state index in [2.05, 4.69) is 11.9 Å². The summed E-state index contributed by atoms with van der Waals surface area (Å²) < 4.78 is 0. The Morgan fingerprint density at radius 1 is 1.62 bits per heavy atom. The van der Waals surface area contributed by atoms with Gasteiger partial charge in [-0.3, -0.25) is 4.79 Å². The minimum absolute atomic E-state index is 0.0592. The Morgan fingerprint density at radius 2 is 2.31 bits per heavy atom. The van der Waals surface area contributed by atoms with E-state index in [1.165, 1.54) is 6.07 Å². The summed E-state index contributed by atoms with van der Waals surface area (Å²) in [5, 5.41) is 12.3. The minimum Gasteiger partial charge on any atom is -0.507 e. The number of aldehydes is 1. The lowest BCUT2D eigenvalue weighted by molar-refractivity contribution is -0.103. The Balaban J connectivity index is 3.30. The maximum absolute atomic E-state index is 10.5. The van der Waals surface area contributed by atoms with Gasteiger partial charge in [-0.05, 0) is 12.1 Å². The van der Waals surface area contributed by atoms with Crippen LogP contribution in [0.2, 0.25) is 0 Å².